The third-order valence-corrected chi connectivity index (χ3v) is 3.13. The van der Waals surface area contributed by atoms with Crippen molar-refractivity contribution in [3.8, 4) is 0 Å². The number of nitrogens with two attached hydrogens (primary N) is 1. The molecule has 0 radical (unpaired) electrons. The van der Waals surface area contributed by atoms with Crippen molar-refractivity contribution < 1.29 is 4.79 Å². The van der Waals surface area contributed by atoms with E-state index in [2.05, 4.69) is 27.7 Å². The van der Waals surface area contributed by atoms with E-state index in [1.165, 1.54) is 0 Å². The van der Waals surface area contributed by atoms with Crippen molar-refractivity contribution in [2.75, 3.05) is 6.54 Å². The fraction of sp³-hybridized carbons (Fsp3) is 0.909. The molecule has 3 heteroatoms. The molecule has 14 heavy (non-hydrogen) atoms. The van der Waals surface area contributed by atoms with E-state index in [4.69, 9.17) is 5.73 Å². The summed E-state index contributed by atoms with van der Waals surface area (Å²) in [5.74, 6) is 0.261. The maximum atomic E-state index is 11.5. The van der Waals surface area contributed by atoms with Gasteiger partial charge in [0.25, 0.3) is 0 Å². The molecule has 1 rings (SSSR count). The molecule has 1 saturated heterocycles. The SMILES string of the molecule is CC1CCC(=O)N1CC(N)C(C)(C)C. The maximum absolute atomic E-state index is 11.5. The predicted octanol–water partition coefficient (Wildman–Crippen LogP) is 1.37. The van der Waals surface area contributed by atoms with E-state index in [0.717, 1.165) is 6.42 Å². The van der Waals surface area contributed by atoms with Crippen LogP contribution in [0.1, 0.15) is 40.5 Å². The highest BCUT2D eigenvalue weighted by molar-refractivity contribution is 5.78. The lowest BCUT2D eigenvalue weighted by molar-refractivity contribution is -0.129. The lowest BCUT2D eigenvalue weighted by Crippen LogP contribution is -2.47. The molecule has 1 aliphatic heterocycles. The lowest BCUT2D eigenvalue weighted by atomic mass is 9.87. The van der Waals surface area contributed by atoms with Crippen LogP contribution in [0.4, 0.5) is 0 Å². The molecule has 1 fully saturated rings. The Bertz CT molecular complexity index is 220. The van der Waals surface area contributed by atoms with Crippen LogP contribution in [0.3, 0.4) is 0 Å². The average molecular weight is 198 g/mol. The molecule has 3 nitrogen and oxygen atoms in total. The molecule has 1 heterocycles. The van der Waals surface area contributed by atoms with Crippen molar-refractivity contribution in [2.45, 2.75) is 52.6 Å². The van der Waals surface area contributed by atoms with Gasteiger partial charge in [-0.05, 0) is 18.8 Å². The number of carbonyl (C=O) groups excluding carboxylic acids is 1. The van der Waals surface area contributed by atoms with Crippen molar-refractivity contribution in [3.63, 3.8) is 0 Å². The highest BCUT2D eigenvalue weighted by Gasteiger charge is 2.31. The number of nitrogens with zero attached hydrogens (tertiary/aromatic N) is 1. The number of amides is 1. The fourth-order valence-corrected chi connectivity index (χ4v) is 1.65. The van der Waals surface area contributed by atoms with Crippen LogP contribution in [-0.2, 0) is 4.79 Å². The third kappa shape index (κ3) is 2.47. The van der Waals surface area contributed by atoms with Crippen molar-refractivity contribution in [3.05, 3.63) is 0 Å². The van der Waals surface area contributed by atoms with Gasteiger partial charge < -0.3 is 10.6 Å². The van der Waals surface area contributed by atoms with Crippen LogP contribution in [0, 0.1) is 5.41 Å². The summed E-state index contributed by atoms with van der Waals surface area (Å²) in [6, 6.07) is 0.433. The standard InChI is InChI=1S/C11H22N2O/c1-8-5-6-10(14)13(8)7-9(12)11(2,3)4/h8-9H,5-7,12H2,1-4H3. The summed E-state index contributed by atoms with van der Waals surface area (Å²) < 4.78 is 0. The van der Waals surface area contributed by atoms with Gasteiger partial charge >= 0.3 is 0 Å². The minimum atomic E-state index is 0.0620. The molecular weight excluding hydrogens is 176 g/mol. The normalized spacial score (nSPS) is 25.6. The van der Waals surface area contributed by atoms with Crippen LogP contribution < -0.4 is 5.73 Å². The zero-order chi connectivity index (χ0) is 10.9. The fourth-order valence-electron chi connectivity index (χ4n) is 1.65. The maximum Gasteiger partial charge on any atom is 0.222 e. The molecule has 0 aromatic carbocycles. The zero-order valence-corrected chi connectivity index (χ0v) is 9.71. The van der Waals surface area contributed by atoms with Crippen LogP contribution in [0.25, 0.3) is 0 Å². The molecule has 2 N–H and O–H groups in total. The average Bonchev–Trinajstić information content (AvgIpc) is 2.34. The van der Waals surface area contributed by atoms with E-state index in [1.807, 2.05) is 4.90 Å². The predicted molar refractivity (Wildman–Crippen MR) is 57.8 cm³/mol. The van der Waals surface area contributed by atoms with Crippen LogP contribution in [-0.4, -0.2) is 29.4 Å². The minimum Gasteiger partial charge on any atom is -0.338 e. The molecule has 1 amide bonds. The molecule has 1 aliphatic rings. The minimum absolute atomic E-state index is 0.0620. The Morgan fingerprint density at radius 2 is 2.14 bits per heavy atom. The van der Waals surface area contributed by atoms with Crippen LogP contribution >= 0.6 is 0 Å². The van der Waals surface area contributed by atoms with E-state index in [1.54, 1.807) is 0 Å². The van der Waals surface area contributed by atoms with Crippen molar-refractivity contribution in [1.82, 2.24) is 4.90 Å². The van der Waals surface area contributed by atoms with Crippen LogP contribution in [0.2, 0.25) is 0 Å². The Morgan fingerprint density at radius 3 is 2.50 bits per heavy atom. The van der Waals surface area contributed by atoms with Gasteiger partial charge in [0, 0.05) is 25.0 Å². The first-order chi connectivity index (χ1) is 6.32. The number of likely N-dealkylation sites (tertiary alicyclic amines) is 1. The van der Waals surface area contributed by atoms with Crippen LogP contribution in [0.5, 0.6) is 0 Å². The van der Waals surface area contributed by atoms with E-state index < -0.39 is 0 Å². The van der Waals surface area contributed by atoms with Gasteiger partial charge in [-0.3, -0.25) is 4.79 Å². The summed E-state index contributed by atoms with van der Waals surface area (Å²) in [7, 11) is 0. The lowest BCUT2D eigenvalue weighted by Gasteiger charge is -2.32. The van der Waals surface area contributed by atoms with Gasteiger partial charge in [-0.25, -0.2) is 0 Å². The molecule has 0 saturated carbocycles. The second-order valence-corrected chi connectivity index (χ2v) is 5.41. The van der Waals surface area contributed by atoms with E-state index in [0.29, 0.717) is 19.0 Å². The molecule has 0 spiro atoms. The highest BCUT2D eigenvalue weighted by atomic mass is 16.2. The second kappa shape index (κ2) is 3.89. The molecule has 2 unspecified atom stereocenters. The van der Waals surface area contributed by atoms with Gasteiger partial charge in [0.1, 0.15) is 0 Å². The Kier molecular flexibility index (Phi) is 3.20. The van der Waals surface area contributed by atoms with E-state index in [9.17, 15) is 4.79 Å². The highest BCUT2D eigenvalue weighted by Crippen LogP contribution is 2.23. The molecule has 82 valence electrons. The quantitative estimate of drug-likeness (QED) is 0.728. The number of hydrogen-bond donors (Lipinski definition) is 1. The molecule has 0 bridgehead atoms. The van der Waals surface area contributed by atoms with Crippen molar-refractivity contribution in [2.24, 2.45) is 11.1 Å². The Hall–Kier alpha value is -0.570. The Morgan fingerprint density at radius 1 is 1.57 bits per heavy atom. The van der Waals surface area contributed by atoms with Crippen LogP contribution in [0.15, 0.2) is 0 Å². The Labute approximate surface area is 86.6 Å². The molecule has 2 atom stereocenters. The van der Waals surface area contributed by atoms with E-state index in [-0.39, 0.29) is 17.4 Å². The summed E-state index contributed by atoms with van der Waals surface area (Å²) in [6.45, 7) is 9.14. The summed E-state index contributed by atoms with van der Waals surface area (Å²) in [5, 5.41) is 0. The van der Waals surface area contributed by atoms with E-state index >= 15 is 0 Å². The van der Waals surface area contributed by atoms with Crippen molar-refractivity contribution >= 4 is 5.91 Å². The zero-order valence-electron chi connectivity index (χ0n) is 9.71. The first kappa shape index (κ1) is 11.5. The van der Waals surface area contributed by atoms with Gasteiger partial charge in [0.05, 0.1) is 0 Å². The smallest absolute Gasteiger partial charge is 0.222 e. The molecule has 0 aromatic heterocycles. The number of hydrogen-bond acceptors (Lipinski definition) is 2. The molecule has 0 aromatic rings. The summed E-state index contributed by atoms with van der Waals surface area (Å²) in [6.07, 6.45) is 1.67. The van der Waals surface area contributed by atoms with Gasteiger partial charge in [0.15, 0.2) is 0 Å². The Balaban J connectivity index is 2.55. The summed E-state index contributed by atoms with van der Waals surface area (Å²) in [5.41, 5.74) is 6.13. The van der Waals surface area contributed by atoms with Crippen molar-refractivity contribution in [1.29, 1.82) is 0 Å². The van der Waals surface area contributed by atoms with Gasteiger partial charge in [-0.1, -0.05) is 20.8 Å². The van der Waals surface area contributed by atoms with Gasteiger partial charge in [-0.15, -0.1) is 0 Å². The first-order valence-corrected chi connectivity index (χ1v) is 5.37. The number of rotatable bonds is 2. The third-order valence-electron chi connectivity index (χ3n) is 3.13. The second-order valence-electron chi connectivity index (χ2n) is 5.41. The monoisotopic (exact) mass is 198 g/mol. The number of carbonyl (C=O) groups is 1. The van der Waals surface area contributed by atoms with Gasteiger partial charge in [0.2, 0.25) is 5.91 Å². The largest absolute Gasteiger partial charge is 0.338 e. The molecule has 0 aliphatic carbocycles. The van der Waals surface area contributed by atoms with Gasteiger partial charge in [-0.2, -0.15) is 0 Å². The molecular formula is C11H22N2O. The summed E-state index contributed by atoms with van der Waals surface area (Å²) in [4.78, 5) is 13.4. The first-order valence-electron chi connectivity index (χ1n) is 5.37. The topological polar surface area (TPSA) is 46.3 Å². The summed E-state index contributed by atoms with van der Waals surface area (Å²) >= 11 is 0.